The Morgan fingerprint density at radius 3 is 3.10 bits per heavy atom. The zero-order chi connectivity index (χ0) is 14.2. The summed E-state index contributed by atoms with van der Waals surface area (Å²) in [6.45, 7) is 2.22. The predicted molar refractivity (Wildman–Crippen MR) is 80.7 cm³/mol. The molecule has 1 aromatic rings. The number of amides is 1. The van der Waals surface area contributed by atoms with Gasteiger partial charge in [0.2, 0.25) is 5.91 Å². The number of aliphatic hydroxyl groups is 1. The summed E-state index contributed by atoms with van der Waals surface area (Å²) in [5, 5.41) is 15.2. The summed E-state index contributed by atoms with van der Waals surface area (Å²) in [7, 11) is 0. The molecule has 1 aliphatic rings. The maximum Gasteiger partial charge on any atom is 0.224 e. The van der Waals surface area contributed by atoms with E-state index in [0.717, 1.165) is 50.0 Å². The van der Waals surface area contributed by atoms with Crippen LogP contribution in [0, 0.1) is 5.92 Å². The van der Waals surface area contributed by atoms with Crippen molar-refractivity contribution in [3.8, 4) is 0 Å². The predicted octanol–water partition coefficient (Wildman–Crippen LogP) is 1.94. The lowest BCUT2D eigenvalue weighted by molar-refractivity contribution is -0.117. The Bertz CT molecular complexity index is 428. The number of aryl methyl sites for hydroxylation is 1. The highest BCUT2D eigenvalue weighted by Gasteiger charge is 2.16. The number of carbonyl (C=O) groups is 1. The van der Waals surface area contributed by atoms with Crippen molar-refractivity contribution >= 4 is 11.6 Å². The molecule has 0 spiro atoms. The molecule has 0 saturated carbocycles. The lowest BCUT2D eigenvalue weighted by atomic mass is 9.96. The topological polar surface area (TPSA) is 61.4 Å². The van der Waals surface area contributed by atoms with Gasteiger partial charge in [0, 0.05) is 18.7 Å². The van der Waals surface area contributed by atoms with Crippen LogP contribution >= 0.6 is 0 Å². The van der Waals surface area contributed by atoms with Crippen molar-refractivity contribution in [1.29, 1.82) is 0 Å². The molecule has 0 radical (unpaired) electrons. The SMILES string of the molecule is O=C(CC1CCCNC1)Nc1cccc(CCCO)c1. The summed E-state index contributed by atoms with van der Waals surface area (Å²) in [6.07, 6.45) is 4.48. The fraction of sp³-hybridized carbons (Fsp3) is 0.562. The summed E-state index contributed by atoms with van der Waals surface area (Å²) in [6, 6.07) is 7.88. The van der Waals surface area contributed by atoms with Crippen LogP contribution in [0.5, 0.6) is 0 Å². The Morgan fingerprint density at radius 2 is 2.35 bits per heavy atom. The fourth-order valence-corrected chi connectivity index (χ4v) is 2.66. The van der Waals surface area contributed by atoms with Crippen molar-refractivity contribution in [2.24, 2.45) is 5.92 Å². The molecule has 20 heavy (non-hydrogen) atoms. The van der Waals surface area contributed by atoms with Gasteiger partial charge in [-0.2, -0.15) is 0 Å². The minimum atomic E-state index is 0.0954. The van der Waals surface area contributed by atoms with Gasteiger partial charge in [-0.05, 0) is 62.4 Å². The molecule has 4 heteroatoms. The maximum atomic E-state index is 12.0. The molecule has 1 atom stereocenters. The van der Waals surface area contributed by atoms with Gasteiger partial charge in [-0.25, -0.2) is 0 Å². The first kappa shape index (κ1) is 15.0. The Kier molecular flexibility index (Phi) is 6.02. The van der Waals surface area contributed by atoms with Crippen molar-refractivity contribution in [3.63, 3.8) is 0 Å². The van der Waals surface area contributed by atoms with E-state index in [1.807, 2.05) is 24.3 Å². The molecule has 0 bridgehead atoms. The monoisotopic (exact) mass is 276 g/mol. The lowest BCUT2D eigenvalue weighted by Crippen LogP contribution is -2.32. The molecule has 1 aliphatic heterocycles. The third-order valence-corrected chi connectivity index (χ3v) is 3.71. The van der Waals surface area contributed by atoms with Crippen molar-refractivity contribution in [2.45, 2.75) is 32.1 Å². The van der Waals surface area contributed by atoms with E-state index in [0.29, 0.717) is 12.3 Å². The number of rotatable bonds is 6. The minimum absolute atomic E-state index is 0.0954. The Morgan fingerprint density at radius 1 is 1.45 bits per heavy atom. The third-order valence-electron chi connectivity index (χ3n) is 3.71. The van der Waals surface area contributed by atoms with E-state index in [1.54, 1.807) is 0 Å². The standard InChI is InChI=1S/C16H24N2O2/c19-9-3-6-13-4-1-7-15(10-13)18-16(20)11-14-5-2-8-17-12-14/h1,4,7,10,14,17,19H,2-3,5-6,8-9,11-12H2,(H,18,20). The average Bonchev–Trinajstić information content (AvgIpc) is 2.46. The Labute approximate surface area is 120 Å². The first-order valence-electron chi connectivity index (χ1n) is 7.48. The Balaban J connectivity index is 1.83. The van der Waals surface area contributed by atoms with Crippen molar-refractivity contribution < 1.29 is 9.90 Å². The molecule has 1 amide bonds. The van der Waals surface area contributed by atoms with E-state index < -0.39 is 0 Å². The molecule has 1 unspecified atom stereocenters. The number of hydrogen-bond acceptors (Lipinski definition) is 3. The van der Waals surface area contributed by atoms with Crippen LogP contribution in [0.1, 0.15) is 31.2 Å². The highest BCUT2D eigenvalue weighted by Crippen LogP contribution is 2.17. The van der Waals surface area contributed by atoms with Gasteiger partial charge in [-0.15, -0.1) is 0 Å². The molecule has 110 valence electrons. The lowest BCUT2D eigenvalue weighted by Gasteiger charge is -2.22. The highest BCUT2D eigenvalue weighted by atomic mass is 16.2. The van der Waals surface area contributed by atoms with Crippen molar-refractivity contribution in [2.75, 3.05) is 25.0 Å². The summed E-state index contributed by atoms with van der Waals surface area (Å²) in [5.74, 6) is 0.555. The second-order valence-corrected chi connectivity index (χ2v) is 5.49. The average molecular weight is 276 g/mol. The Hall–Kier alpha value is -1.39. The number of aliphatic hydroxyl groups excluding tert-OH is 1. The molecule has 0 aliphatic carbocycles. The van der Waals surface area contributed by atoms with Gasteiger partial charge >= 0.3 is 0 Å². The van der Waals surface area contributed by atoms with Gasteiger partial charge in [-0.1, -0.05) is 12.1 Å². The molecule has 1 fully saturated rings. The van der Waals surface area contributed by atoms with E-state index in [-0.39, 0.29) is 12.5 Å². The van der Waals surface area contributed by atoms with Crippen LogP contribution in [-0.2, 0) is 11.2 Å². The third kappa shape index (κ3) is 4.94. The number of nitrogens with one attached hydrogen (secondary N) is 2. The second-order valence-electron chi connectivity index (χ2n) is 5.49. The molecule has 1 saturated heterocycles. The summed E-state index contributed by atoms with van der Waals surface area (Å²) >= 11 is 0. The quantitative estimate of drug-likeness (QED) is 0.744. The smallest absolute Gasteiger partial charge is 0.224 e. The number of carbonyl (C=O) groups excluding carboxylic acids is 1. The first-order valence-corrected chi connectivity index (χ1v) is 7.48. The maximum absolute atomic E-state index is 12.0. The second kappa shape index (κ2) is 8.02. The highest BCUT2D eigenvalue weighted by molar-refractivity contribution is 5.90. The summed E-state index contributed by atoms with van der Waals surface area (Å²) < 4.78 is 0. The molecule has 1 aromatic carbocycles. The molecule has 2 rings (SSSR count). The molecular formula is C16H24N2O2. The van der Waals surface area contributed by atoms with E-state index >= 15 is 0 Å². The number of anilines is 1. The van der Waals surface area contributed by atoms with Gasteiger partial charge in [0.1, 0.15) is 0 Å². The molecule has 4 nitrogen and oxygen atoms in total. The van der Waals surface area contributed by atoms with Gasteiger partial charge in [0.25, 0.3) is 0 Å². The van der Waals surface area contributed by atoms with E-state index in [9.17, 15) is 4.79 Å². The van der Waals surface area contributed by atoms with Crippen molar-refractivity contribution in [3.05, 3.63) is 29.8 Å². The molecular weight excluding hydrogens is 252 g/mol. The van der Waals surface area contributed by atoms with Gasteiger partial charge in [0.15, 0.2) is 0 Å². The van der Waals surface area contributed by atoms with Crippen LogP contribution in [-0.4, -0.2) is 30.7 Å². The number of hydrogen-bond donors (Lipinski definition) is 3. The van der Waals surface area contributed by atoms with Crippen LogP contribution < -0.4 is 10.6 Å². The van der Waals surface area contributed by atoms with Crippen LogP contribution in [0.15, 0.2) is 24.3 Å². The first-order chi connectivity index (χ1) is 9.78. The zero-order valence-corrected chi connectivity index (χ0v) is 11.9. The largest absolute Gasteiger partial charge is 0.396 e. The molecule has 3 N–H and O–H groups in total. The molecule has 1 heterocycles. The normalized spacial score (nSPS) is 18.8. The van der Waals surface area contributed by atoms with Crippen LogP contribution in [0.3, 0.4) is 0 Å². The van der Waals surface area contributed by atoms with Crippen molar-refractivity contribution in [1.82, 2.24) is 5.32 Å². The van der Waals surface area contributed by atoms with Gasteiger partial charge < -0.3 is 15.7 Å². The van der Waals surface area contributed by atoms with Crippen LogP contribution in [0.25, 0.3) is 0 Å². The minimum Gasteiger partial charge on any atom is -0.396 e. The van der Waals surface area contributed by atoms with Gasteiger partial charge in [0.05, 0.1) is 0 Å². The summed E-state index contributed by atoms with van der Waals surface area (Å²) in [4.78, 5) is 12.0. The fourth-order valence-electron chi connectivity index (χ4n) is 2.66. The zero-order valence-electron chi connectivity index (χ0n) is 11.9. The number of benzene rings is 1. The van der Waals surface area contributed by atoms with Crippen LogP contribution in [0.4, 0.5) is 5.69 Å². The van der Waals surface area contributed by atoms with Crippen LogP contribution in [0.2, 0.25) is 0 Å². The number of piperidine rings is 1. The van der Waals surface area contributed by atoms with Gasteiger partial charge in [-0.3, -0.25) is 4.79 Å². The van der Waals surface area contributed by atoms with E-state index in [2.05, 4.69) is 10.6 Å². The molecule has 0 aromatic heterocycles. The van der Waals surface area contributed by atoms with E-state index in [1.165, 1.54) is 0 Å². The summed E-state index contributed by atoms with van der Waals surface area (Å²) in [5.41, 5.74) is 2.00. The van der Waals surface area contributed by atoms with E-state index in [4.69, 9.17) is 5.11 Å².